The van der Waals surface area contributed by atoms with Gasteiger partial charge in [-0.3, -0.25) is 0 Å². The quantitative estimate of drug-likeness (QED) is 0.584. The molecule has 0 saturated heterocycles. The molecule has 3 aromatic rings. The van der Waals surface area contributed by atoms with Crippen LogP contribution in [0, 0.1) is 0 Å². The van der Waals surface area contributed by atoms with Crippen LogP contribution >= 0.6 is 23.2 Å². The molecule has 3 rings (SSSR count). The molecule has 1 aromatic heterocycles. The largest absolute Gasteiger partial charge is 0.497 e. The van der Waals surface area contributed by atoms with Crippen LogP contribution in [0.2, 0.25) is 10.0 Å². The summed E-state index contributed by atoms with van der Waals surface area (Å²) in [5.74, 6) is 0.774. The van der Waals surface area contributed by atoms with Crippen LogP contribution in [0.3, 0.4) is 0 Å². The van der Waals surface area contributed by atoms with Crippen molar-refractivity contribution >= 4 is 29.2 Å². The van der Waals surface area contributed by atoms with E-state index in [9.17, 15) is 4.79 Å². The number of benzene rings is 2. The molecule has 0 radical (unpaired) electrons. The molecule has 5 nitrogen and oxygen atoms in total. The number of esters is 1. The number of carbonyl (C=O) groups is 1. The predicted molar refractivity (Wildman–Crippen MR) is 94.1 cm³/mol. The molecule has 128 valence electrons. The van der Waals surface area contributed by atoms with Crippen molar-refractivity contribution in [3.63, 3.8) is 0 Å². The first-order valence-electron chi connectivity index (χ1n) is 7.28. The van der Waals surface area contributed by atoms with Crippen LogP contribution in [0.5, 0.6) is 5.75 Å². The predicted octanol–water partition coefficient (Wildman–Crippen LogP) is 5.01. The zero-order chi connectivity index (χ0) is 17.8. The molecule has 0 unspecified atom stereocenters. The van der Waals surface area contributed by atoms with Gasteiger partial charge in [0.2, 0.25) is 0 Å². The second kappa shape index (κ2) is 7.59. The van der Waals surface area contributed by atoms with E-state index >= 15 is 0 Å². The second-order valence-corrected chi connectivity index (χ2v) is 6.02. The highest BCUT2D eigenvalue weighted by molar-refractivity contribution is 6.35. The summed E-state index contributed by atoms with van der Waals surface area (Å²) >= 11 is 11.8. The minimum Gasteiger partial charge on any atom is -0.497 e. The van der Waals surface area contributed by atoms with Crippen LogP contribution in [0.25, 0.3) is 11.3 Å². The molecule has 0 fully saturated rings. The summed E-state index contributed by atoms with van der Waals surface area (Å²) < 4.78 is 15.6. The van der Waals surface area contributed by atoms with Crippen LogP contribution in [0.1, 0.15) is 16.1 Å². The minimum atomic E-state index is -0.543. The molecule has 0 amide bonds. The Hall–Kier alpha value is -2.50. The Morgan fingerprint density at radius 1 is 1.08 bits per heavy atom. The molecule has 7 heteroatoms. The van der Waals surface area contributed by atoms with Gasteiger partial charge in [-0.05, 0) is 42.5 Å². The number of hydrogen-bond acceptors (Lipinski definition) is 5. The maximum atomic E-state index is 12.1. The van der Waals surface area contributed by atoms with Crippen LogP contribution in [-0.4, -0.2) is 18.2 Å². The van der Waals surface area contributed by atoms with Gasteiger partial charge < -0.3 is 14.0 Å². The molecule has 0 bridgehead atoms. The lowest BCUT2D eigenvalue weighted by Crippen LogP contribution is -2.05. The molecule has 25 heavy (non-hydrogen) atoms. The lowest BCUT2D eigenvalue weighted by Gasteiger charge is -2.03. The van der Waals surface area contributed by atoms with Gasteiger partial charge in [0, 0.05) is 21.7 Å². The number of carbonyl (C=O) groups excluding carboxylic acids is 1. The first kappa shape index (κ1) is 17.3. The van der Waals surface area contributed by atoms with Crippen molar-refractivity contribution in [2.45, 2.75) is 6.61 Å². The van der Waals surface area contributed by atoms with Crippen molar-refractivity contribution in [3.05, 3.63) is 69.8 Å². The van der Waals surface area contributed by atoms with E-state index in [-0.39, 0.29) is 12.2 Å². The molecule has 2 aromatic carbocycles. The fraction of sp³-hybridized carbons (Fsp3) is 0.111. The summed E-state index contributed by atoms with van der Waals surface area (Å²) in [7, 11) is 1.60. The normalized spacial score (nSPS) is 10.5. The molecule has 1 heterocycles. The minimum absolute atomic E-state index is 0.0252. The third-order valence-corrected chi connectivity index (χ3v) is 3.82. The first-order valence-corrected chi connectivity index (χ1v) is 8.04. The molecule has 0 N–H and O–H groups in total. The smallest absolute Gasteiger partial charge is 0.338 e. The maximum Gasteiger partial charge on any atom is 0.338 e. The van der Waals surface area contributed by atoms with Gasteiger partial charge in [0.05, 0.1) is 12.7 Å². The third kappa shape index (κ3) is 4.32. The number of aromatic nitrogens is 1. The van der Waals surface area contributed by atoms with Crippen LogP contribution in [0.4, 0.5) is 0 Å². The van der Waals surface area contributed by atoms with Crippen molar-refractivity contribution in [1.82, 2.24) is 5.16 Å². The topological polar surface area (TPSA) is 61.6 Å². The van der Waals surface area contributed by atoms with Gasteiger partial charge >= 0.3 is 5.97 Å². The van der Waals surface area contributed by atoms with Crippen LogP contribution in [0.15, 0.2) is 53.1 Å². The van der Waals surface area contributed by atoms with Gasteiger partial charge in [-0.2, -0.15) is 0 Å². The van der Waals surface area contributed by atoms with Crippen molar-refractivity contribution in [1.29, 1.82) is 0 Å². The SMILES string of the molecule is COc1ccc(-c2cc(COC(=O)c3cc(Cl)cc(Cl)c3)no2)cc1. The van der Waals surface area contributed by atoms with E-state index in [1.807, 2.05) is 24.3 Å². The van der Waals surface area contributed by atoms with E-state index < -0.39 is 5.97 Å². The molecule has 0 aliphatic carbocycles. The standard InChI is InChI=1S/C18H13Cl2NO4/c1-23-16-4-2-11(3-5-16)17-9-15(21-25-17)10-24-18(22)12-6-13(19)8-14(20)7-12/h2-9H,10H2,1H3. The number of hydrogen-bond donors (Lipinski definition) is 0. The summed E-state index contributed by atoms with van der Waals surface area (Å²) in [6.07, 6.45) is 0. The fourth-order valence-corrected chi connectivity index (χ4v) is 2.69. The maximum absolute atomic E-state index is 12.1. The second-order valence-electron chi connectivity index (χ2n) is 5.15. The number of halogens is 2. The Balaban J connectivity index is 1.65. The van der Waals surface area contributed by atoms with Gasteiger partial charge in [-0.1, -0.05) is 28.4 Å². The van der Waals surface area contributed by atoms with Gasteiger partial charge in [-0.25, -0.2) is 4.79 Å². The number of methoxy groups -OCH3 is 1. The molecule has 0 aliphatic rings. The molecular formula is C18H13Cl2NO4. The third-order valence-electron chi connectivity index (χ3n) is 3.38. The van der Waals surface area contributed by atoms with Gasteiger partial charge in [0.15, 0.2) is 5.76 Å². The van der Waals surface area contributed by atoms with Gasteiger partial charge in [-0.15, -0.1) is 0 Å². The van der Waals surface area contributed by atoms with Crippen molar-refractivity contribution in [2.24, 2.45) is 0 Å². The number of ether oxygens (including phenoxy) is 2. The van der Waals surface area contributed by atoms with E-state index in [4.69, 9.17) is 37.2 Å². The van der Waals surface area contributed by atoms with Crippen molar-refractivity contribution in [2.75, 3.05) is 7.11 Å². The molecule has 0 aliphatic heterocycles. The molecular weight excluding hydrogens is 365 g/mol. The molecule has 0 spiro atoms. The van der Waals surface area contributed by atoms with E-state index in [0.717, 1.165) is 11.3 Å². The zero-order valence-corrected chi connectivity index (χ0v) is 14.7. The Kier molecular flexibility index (Phi) is 5.26. The Bertz CT molecular complexity index is 870. The first-order chi connectivity index (χ1) is 12.0. The Morgan fingerprint density at radius 2 is 1.76 bits per heavy atom. The lowest BCUT2D eigenvalue weighted by molar-refractivity contribution is 0.0464. The summed E-state index contributed by atoms with van der Waals surface area (Å²) in [5, 5.41) is 4.63. The summed E-state index contributed by atoms with van der Waals surface area (Å²) in [4.78, 5) is 12.1. The highest BCUT2D eigenvalue weighted by Crippen LogP contribution is 2.24. The average molecular weight is 378 g/mol. The van der Waals surface area contributed by atoms with Gasteiger partial charge in [0.25, 0.3) is 0 Å². The molecule has 0 saturated carbocycles. The molecule has 0 atom stereocenters. The monoisotopic (exact) mass is 377 g/mol. The average Bonchev–Trinajstić information content (AvgIpc) is 3.08. The summed E-state index contributed by atoms with van der Waals surface area (Å²) in [5.41, 5.74) is 1.61. The van der Waals surface area contributed by atoms with E-state index in [1.165, 1.54) is 12.1 Å². The lowest BCUT2D eigenvalue weighted by atomic mass is 10.1. The van der Waals surface area contributed by atoms with E-state index in [2.05, 4.69) is 5.16 Å². The van der Waals surface area contributed by atoms with Gasteiger partial charge in [0.1, 0.15) is 18.1 Å². The number of nitrogens with zero attached hydrogens (tertiary/aromatic N) is 1. The Morgan fingerprint density at radius 3 is 2.40 bits per heavy atom. The highest BCUT2D eigenvalue weighted by atomic mass is 35.5. The van der Waals surface area contributed by atoms with E-state index in [0.29, 0.717) is 21.5 Å². The zero-order valence-electron chi connectivity index (χ0n) is 13.2. The highest BCUT2D eigenvalue weighted by Gasteiger charge is 2.12. The van der Waals surface area contributed by atoms with Crippen LogP contribution in [-0.2, 0) is 11.3 Å². The van der Waals surface area contributed by atoms with E-state index in [1.54, 1.807) is 19.2 Å². The van der Waals surface area contributed by atoms with Crippen molar-refractivity contribution < 1.29 is 18.8 Å². The fourth-order valence-electron chi connectivity index (χ4n) is 2.17. The van der Waals surface area contributed by atoms with Crippen molar-refractivity contribution in [3.8, 4) is 17.1 Å². The van der Waals surface area contributed by atoms with Crippen LogP contribution < -0.4 is 4.74 Å². The number of rotatable bonds is 5. The summed E-state index contributed by atoms with van der Waals surface area (Å²) in [6.45, 7) is -0.0252. The summed E-state index contributed by atoms with van der Waals surface area (Å²) in [6, 6.07) is 13.6. The Labute approximate surface area is 154 Å².